The highest BCUT2D eigenvalue weighted by atomic mass is 16.3. The molecule has 0 spiro atoms. The van der Waals surface area contributed by atoms with Gasteiger partial charge in [-0.15, -0.1) is 0 Å². The number of phenols is 3. The molecule has 0 saturated heterocycles. The Morgan fingerprint density at radius 2 is 1.58 bits per heavy atom. The Kier molecular flexibility index (Phi) is 6.15. The van der Waals surface area contributed by atoms with Crippen molar-refractivity contribution in [3.05, 3.63) is 28.5 Å². The van der Waals surface area contributed by atoms with Crippen molar-refractivity contribution in [3.63, 3.8) is 0 Å². The summed E-state index contributed by atoms with van der Waals surface area (Å²) in [6.07, 6.45) is 2.43. The zero-order chi connectivity index (χ0) is 25.0. The number of Topliss-reactive ketones (excluding diaryl/α,β-unsaturated/α-hetero) is 3. The van der Waals surface area contributed by atoms with Gasteiger partial charge < -0.3 is 20.4 Å². The zero-order valence-corrected chi connectivity index (χ0v) is 20.2. The molecule has 1 fully saturated rings. The van der Waals surface area contributed by atoms with Crippen molar-refractivity contribution in [1.29, 1.82) is 0 Å². The number of rotatable bonds is 6. The van der Waals surface area contributed by atoms with E-state index >= 15 is 0 Å². The van der Waals surface area contributed by atoms with Crippen LogP contribution in [0.2, 0.25) is 0 Å². The molecular formula is C26H34O7. The van der Waals surface area contributed by atoms with Gasteiger partial charge in [0.1, 0.15) is 28.6 Å². The first-order valence-electron chi connectivity index (χ1n) is 11.5. The quantitative estimate of drug-likeness (QED) is 0.351. The summed E-state index contributed by atoms with van der Waals surface area (Å²) in [6.45, 7) is 9.84. The van der Waals surface area contributed by atoms with Crippen LogP contribution in [-0.2, 0) is 9.59 Å². The highest BCUT2D eigenvalue weighted by molar-refractivity contribution is 6.19. The second kappa shape index (κ2) is 8.19. The third-order valence-electron chi connectivity index (χ3n) is 7.22. The van der Waals surface area contributed by atoms with Crippen molar-refractivity contribution >= 4 is 17.3 Å². The summed E-state index contributed by atoms with van der Waals surface area (Å²) in [5, 5.41) is 43.5. The number of benzene rings is 1. The van der Waals surface area contributed by atoms with Crippen molar-refractivity contribution in [2.45, 2.75) is 73.1 Å². The number of allylic oxidation sites excluding steroid dienone is 2. The van der Waals surface area contributed by atoms with Crippen LogP contribution in [0, 0.1) is 22.7 Å². The molecule has 0 aliphatic heterocycles. The maximum absolute atomic E-state index is 13.5. The molecule has 2 aliphatic carbocycles. The molecule has 33 heavy (non-hydrogen) atoms. The van der Waals surface area contributed by atoms with E-state index in [-0.39, 0.29) is 35.0 Å². The number of hydrogen-bond acceptors (Lipinski definition) is 7. The van der Waals surface area contributed by atoms with Crippen LogP contribution >= 0.6 is 0 Å². The van der Waals surface area contributed by atoms with Gasteiger partial charge in [0.25, 0.3) is 0 Å². The molecule has 1 saturated carbocycles. The second-order valence-electron chi connectivity index (χ2n) is 10.9. The number of carbonyl (C=O) groups excluding carboxylic acids is 3. The Morgan fingerprint density at radius 3 is 2.06 bits per heavy atom. The van der Waals surface area contributed by atoms with Crippen LogP contribution in [0.1, 0.15) is 89.1 Å². The molecule has 0 aromatic heterocycles. The maximum atomic E-state index is 13.5. The minimum Gasteiger partial charge on any atom is -0.511 e. The minimum atomic E-state index is -1.42. The number of aromatic hydroxyl groups is 3. The molecule has 3 rings (SSSR count). The lowest BCUT2D eigenvalue weighted by Crippen LogP contribution is -2.49. The third-order valence-corrected chi connectivity index (χ3v) is 7.22. The van der Waals surface area contributed by atoms with Crippen LogP contribution in [0.3, 0.4) is 0 Å². The standard InChI is InChI=1S/C26H34O7/c1-12(2)10-14(18-22(31)25(3,4)24(33)26(5,6)23(18)32)17-15(27)11-16(28)19(21(17)30)20(29)13-8-7-9-13/h11-14,27-28,30-31H,7-10H2,1-6H3/t14-/m1/s1. The molecule has 0 radical (unpaired) electrons. The van der Waals surface area contributed by atoms with E-state index in [1.165, 1.54) is 27.7 Å². The molecular weight excluding hydrogens is 424 g/mol. The summed E-state index contributed by atoms with van der Waals surface area (Å²) < 4.78 is 0. The summed E-state index contributed by atoms with van der Waals surface area (Å²) in [6, 6.07) is 1.00. The average molecular weight is 459 g/mol. The Bertz CT molecular complexity index is 1050. The number of aliphatic hydroxyl groups is 1. The van der Waals surface area contributed by atoms with E-state index in [2.05, 4.69) is 0 Å². The minimum absolute atomic E-state index is 0.0367. The summed E-state index contributed by atoms with van der Waals surface area (Å²) in [5.74, 6) is -4.77. The van der Waals surface area contributed by atoms with Crippen LogP contribution in [0.15, 0.2) is 17.4 Å². The fourth-order valence-electron chi connectivity index (χ4n) is 5.07. The lowest BCUT2D eigenvalue weighted by atomic mass is 9.60. The van der Waals surface area contributed by atoms with Gasteiger partial charge in [0.05, 0.1) is 10.8 Å². The van der Waals surface area contributed by atoms with Crippen molar-refractivity contribution in [2.24, 2.45) is 22.7 Å². The summed E-state index contributed by atoms with van der Waals surface area (Å²) in [4.78, 5) is 39.4. The lowest BCUT2D eigenvalue weighted by Gasteiger charge is -2.41. The summed E-state index contributed by atoms with van der Waals surface area (Å²) in [7, 11) is 0. The molecule has 180 valence electrons. The molecule has 2 aliphatic rings. The maximum Gasteiger partial charge on any atom is 0.175 e. The Morgan fingerprint density at radius 1 is 1.00 bits per heavy atom. The number of phenolic OH excluding ortho intramolecular Hbond substituents is 3. The van der Waals surface area contributed by atoms with Gasteiger partial charge in [0.15, 0.2) is 17.3 Å². The first-order chi connectivity index (χ1) is 15.1. The van der Waals surface area contributed by atoms with Gasteiger partial charge in [-0.2, -0.15) is 0 Å². The first kappa shape index (κ1) is 24.8. The molecule has 0 amide bonds. The Hall–Kier alpha value is -2.83. The fourth-order valence-corrected chi connectivity index (χ4v) is 5.07. The van der Waals surface area contributed by atoms with E-state index in [1.54, 1.807) is 0 Å². The zero-order valence-electron chi connectivity index (χ0n) is 20.2. The number of carbonyl (C=O) groups is 3. The van der Waals surface area contributed by atoms with Crippen LogP contribution in [0.25, 0.3) is 0 Å². The van der Waals surface area contributed by atoms with Gasteiger partial charge >= 0.3 is 0 Å². The predicted molar refractivity (Wildman–Crippen MR) is 123 cm³/mol. The van der Waals surface area contributed by atoms with E-state index < -0.39 is 57.1 Å². The highest BCUT2D eigenvalue weighted by Gasteiger charge is 2.55. The number of ketones is 3. The Balaban J connectivity index is 2.31. The predicted octanol–water partition coefficient (Wildman–Crippen LogP) is 4.93. The fraction of sp³-hybridized carbons (Fsp3) is 0.577. The van der Waals surface area contributed by atoms with Crippen molar-refractivity contribution < 1.29 is 34.8 Å². The van der Waals surface area contributed by atoms with Crippen molar-refractivity contribution in [1.82, 2.24) is 0 Å². The van der Waals surface area contributed by atoms with Gasteiger partial charge in [0.2, 0.25) is 0 Å². The molecule has 0 heterocycles. The van der Waals surface area contributed by atoms with Gasteiger partial charge in [-0.25, -0.2) is 0 Å². The van der Waals surface area contributed by atoms with Crippen LogP contribution in [0.5, 0.6) is 17.2 Å². The van der Waals surface area contributed by atoms with Gasteiger partial charge in [0, 0.05) is 29.0 Å². The molecule has 4 N–H and O–H groups in total. The van der Waals surface area contributed by atoms with E-state index in [0.29, 0.717) is 12.8 Å². The van der Waals surface area contributed by atoms with Crippen LogP contribution in [0.4, 0.5) is 0 Å². The topological polar surface area (TPSA) is 132 Å². The van der Waals surface area contributed by atoms with Gasteiger partial charge in [-0.3, -0.25) is 14.4 Å². The lowest BCUT2D eigenvalue weighted by molar-refractivity contribution is -0.144. The molecule has 7 nitrogen and oxygen atoms in total. The monoisotopic (exact) mass is 458 g/mol. The van der Waals surface area contributed by atoms with Crippen LogP contribution < -0.4 is 0 Å². The van der Waals surface area contributed by atoms with Crippen molar-refractivity contribution in [3.8, 4) is 17.2 Å². The average Bonchev–Trinajstić information content (AvgIpc) is 2.63. The smallest absolute Gasteiger partial charge is 0.175 e. The van der Waals surface area contributed by atoms with Crippen LogP contribution in [-0.4, -0.2) is 37.8 Å². The third kappa shape index (κ3) is 3.81. The largest absolute Gasteiger partial charge is 0.511 e. The number of aliphatic hydroxyl groups excluding tert-OH is 1. The van der Waals surface area contributed by atoms with E-state index in [9.17, 15) is 34.8 Å². The van der Waals surface area contributed by atoms with Gasteiger partial charge in [-0.05, 0) is 52.9 Å². The second-order valence-corrected chi connectivity index (χ2v) is 10.9. The molecule has 7 heteroatoms. The normalized spacial score (nSPS) is 21.3. The SMILES string of the molecule is CC(C)C[C@@H](C1=C(O)C(C)(C)C(=O)C(C)(C)C1=O)c1c(O)cc(O)c(C(=O)C2CCC2)c1O. The highest BCUT2D eigenvalue weighted by Crippen LogP contribution is 2.53. The van der Waals surface area contributed by atoms with E-state index in [0.717, 1.165) is 12.5 Å². The molecule has 1 atom stereocenters. The van der Waals surface area contributed by atoms with E-state index in [4.69, 9.17) is 0 Å². The molecule has 1 aromatic carbocycles. The summed E-state index contributed by atoms with van der Waals surface area (Å²) in [5.41, 5.74) is -3.21. The van der Waals surface area contributed by atoms with E-state index in [1.807, 2.05) is 13.8 Å². The number of hydrogen-bond donors (Lipinski definition) is 4. The summed E-state index contributed by atoms with van der Waals surface area (Å²) >= 11 is 0. The molecule has 1 aromatic rings. The Labute approximate surface area is 194 Å². The molecule has 0 unspecified atom stereocenters. The van der Waals surface area contributed by atoms with Gasteiger partial charge in [-0.1, -0.05) is 20.3 Å². The first-order valence-corrected chi connectivity index (χ1v) is 11.5. The molecule has 0 bridgehead atoms. The van der Waals surface area contributed by atoms with Crippen molar-refractivity contribution in [2.75, 3.05) is 0 Å².